The molecule has 5 heteroatoms. The van der Waals surface area contributed by atoms with Crippen molar-refractivity contribution in [1.82, 2.24) is 9.80 Å². The Hall–Kier alpha value is -0.490. The summed E-state index contributed by atoms with van der Waals surface area (Å²) in [7, 11) is 0. The second-order valence-electron chi connectivity index (χ2n) is 6.29. The standard InChI is InChI=1S/C16H23BrFN3/c17-16-2-1-13(18)9-12(16)10-20-6-5-15(11-20)21-7-3-14(19)4-8-21/h1-2,9,14-15H,3-8,10-11,19H2. The molecule has 3 rings (SSSR count). The van der Waals surface area contributed by atoms with E-state index in [9.17, 15) is 4.39 Å². The lowest BCUT2D eigenvalue weighted by Crippen LogP contribution is -2.46. The molecule has 1 aromatic rings. The van der Waals surface area contributed by atoms with Crippen LogP contribution in [0.2, 0.25) is 0 Å². The van der Waals surface area contributed by atoms with Gasteiger partial charge in [-0.25, -0.2) is 4.39 Å². The third-order valence-corrected chi connectivity index (χ3v) is 5.51. The number of halogens is 2. The van der Waals surface area contributed by atoms with Crippen LogP contribution in [0.1, 0.15) is 24.8 Å². The van der Waals surface area contributed by atoms with Crippen molar-refractivity contribution in [2.75, 3.05) is 26.2 Å². The molecule has 2 aliphatic heterocycles. The van der Waals surface area contributed by atoms with Crippen LogP contribution in [-0.4, -0.2) is 48.1 Å². The lowest BCUT2D eigenvalue weighted by Gasteiger charge is -2.34. The maximum absolute atomic E-state index is 13.4. The first kappa shape index (κ1) is 15.4. The van der Waals surface area contributed by atoms with E-state index in [1.807, 2.05) is 0 Å². The fraction of sp³-hybridized carbons (Fsp3) is 0.625. The van der Waals surface area contributed by atoms with E-state index in [1.165, 1.54) is 12.5 Å². The van der Waals surface area contributed by atoms with Crippen molar-refractivity contribution in [1.29, 1.82) is 0 Å². The molecule has 0 spiro atoms. The Balaban J connectivity index is 1.56. The van der Waals surface area contributed by atoms with Crippen LogP contribution >= 0.6 is 15.9 Å². The number of rotatable bonds is 3. The fourth-order valence-corrected chi connectivity index (χ4v) is 3.82. The maximum atomic E-state index is 13.4. The van der Waals surface area contributed by atoms with Gasteiger partial charge in [-0.1, -0.05) is 15.9 Å². The first-order valence-electron chi connectivity index (χ1n) is 7.78. The lowest BCUT2D eigenvalue weighted by atomic mass is 10.0. The molecule has 2 N–H and O–H groups in total. The summed E-state index contributed by atoms with van der Waals surface area (Å²) in [5.41, 5.74) is 7.02. The Bertz CT molecular complexity index is 488. The molecule has 0 aromatic heterocycles. The van der Waals surface area contributed by atoms with Gasteiger partial charge < -0.3 is 5.73 Å². The predicted octanol–water partition coefficient (Wildman–Crippen LogP) is 2.59. The molecule has 2 aliphatic rings. The van der Waals surface area contributed by atoms with Crippen LogP contribution in [0.4, 0.5) is 4.39 Å². The van der Waals surface area contributed by atoms with E-state index < -0.39 is 0 Å². The normalized spacial score (nSPS) is 25.6. The van der Waals surface area contributed by atoms with Gasteiger partial charge in [0.2, 0.25) is 0 Å². The molecule has 1 atom stereocenters. The molecular formula is C16H23BrFN3. The highest BCUT2D eigenvalue weighted by molar-refractivity contribution is 9.10. The summed E-state index contributed by atoms with van der Waals surface area (Å²) in [5.74, 6) is -0.158. The van der Waals surface area contributed by atoms with Crippen LogP contribution in [-0.2, 0) is 6.54 Å². The fourth-order valence-electron chi connectivity index (χ4n) is 3.44. The number of hydrogen-bond acceptors (Lipinski definition) is 3. The van der Waals surface area contributed by atoms with Crippen molar-refractivity contribution in [2.24, 2.45) is 5.73 Å². The van der Waals surface area contributed by atoms with Gasteiger partial charge in [-0.05, 0) is 56.1 Å². The molecule has 0 bridgehead atoms. The van der Waals surface area contributed by atoms with Gasteiger partial charge in [0.05, 0.1) is 0 Å². The van der Waals surface area contributed by atoms with E-state index in [4.69, 9.17) is 5.73 Å². The predicted molar refractivity (Wildman–Crippen MR) is 86.6 cm³/mol. The van der Waals surface area contributed by atoms with Crippen molar-refractivity contribution in [3.05, 3.63) is 34.1 Å². The van der Waals surface area contributed by atoms with Gasteiger partial charge in [0.25, 0.3) is 0 Å². The average Bonchev–Trinajstić information content (AvgIpc) is 2.92. The first-order valence-corrected chi connectivity index (χ1v) is 8.57. The van der Waals surface area contributed by atoms with Gasteiger partial charge >= 0.3 is 0 Å². The molecule has 1 unspecified atom stereocenters. The number of hydrogen-bond donors (Lipinski definition) is 1. The van der Waals surface area contributed by atoms with Gasteiger partial charge in [0.1, 0.15) is 5.82 Å². The van der Waals surface area contributed by atoms with E-state index in [0.717, 1.165) is 55.6 Å². The minimum atomic E-state index is -0.158. The van der Waals surface area contributed by atoms with Gasteiger partial charge in [0, 0.05) is 36.2 Å². The number of likely N-dealkylation sites (tertiary alicyclic amines) is 2. The molecule has 1 aromatic carbocycles. The van der Waals surface area contributed by atoms with Crippen molar-refractivity contribution in [3.8, 4) is 0 Å². The van der Waals surface area contributed by atoms with Crippen LogP contribution in [0.15, 0.2) is 22.7 Å². The largest absolute Gasteiger partial charge is 0.328 e. The monoisotopic (exact) mass is 355 g/mol. The van der Waals surface area contributed by atoms with Crippen molar-refractivity contribution < 1.29 is 4.39 Å². The minimum absolute atomic E-state index is 0.158. The lowest BCUT2D eigenvalue weighted by molar-refractivity contribution is 0.151. The SMILES string of the molecule is NC1CCN(C2CCN(Cc3cc(F)ccc3Br)C2)CC1. The highest BCUT2D eigenvalue weighted by Crippen LogP contribution is 2.24. The first-order chi connectivity index (χ1) is 10.1. The van der Waals surface area contributed by atoms with Crippen LogP contribution in [0.3, 0.4) is 0 Å². The summed E-state index contributed by atoms with van der Waals surface area (Å²) in [6.07, 6.45) is 3.44. The van der Waals surface area contributed by atoms with E-state index in [-0.39, 0.29) is 5.82 Å². The maximum Gasteiger partial charge on any atom is 0.123 e. The molecule has 2 fully saturated rings. The van der Waals surface area contributed by atoms with Gasteiger partial charge in [-0.3, -0.25) is 9.80 Å². The molecule has 3 nitrogen and oxygen atoms in total. The summed E-state index contributed by atoms with van der Waals surface area (Å²) >= 11 is 3.52. The molecule has 2 heterocycles. The topological polar surface area (TPSA) is 32.5 Å². The molecular weight excluding hydrogens is 333 g/mol. The van der Waals surface area contributed by atoms with Crippen LogP contribution in [0.5, 0.6) is 0 Å². The molecule has 116 valence electrons. The smallest absolute Gasteiger partial charge is 0.123 e. The second-order valence-corrected chi connectivity index (χ2v) is 7.14. The minimum Gasteiger partial charge on any atom is -0.328 e. The highest BCUT2D eigenvalue weighted by atomic mass is 79.9. The number of nitrogens with two attached hydrogens (primary N) is 1. The summed E-state index contributed by atoms with van der Waals surface area (Å²) < 4.78 is 14.4. The molecule has 0 radical (unpaired) electrons. The third kappa shape index (κ3) is 3.83. The Morgan fingerprint density at radius 3 is 2.71 bits per heavy atom. The zero-order valence-corrected chi connectivity index (χ0v) is 13.9. The van der Waals surface area contributed by atoms with E-state index >= 15 is 0 Å². The number of piperidine rings is 1. The molecule has 0 saturated carbocycles. The van der Waals surface area contributed by atoms with Crippen LogP contribution in [0.25, 0.3) is 0 Å². The zero-order valence-electron chi connectivity index (χ0n) is 12.3. The number of benzene rings is 1. The summed E-state index contributed by atoms with van der Waals surface area (Å²) in [6.45, 7) is 5.25. The second kappa shape index (κ2) is 6.73. The Morgan fingerprint density at radius 2 is 1.95 bits per heavy atom. The summed E-state index contributed by atoms with van der Waals surface area (Å²) in [4.78, 5) is 5.02. The van der Waals surface area contributed by atoms with Crippen LogP contribution in [0, 0.1) is 5.82 Å². The van der Waals surface area contributed by atoms with Gasteiger partial charge in [-0.2, -0.15) is 0 Å². The van der Waals surface area contributed by atoms with Crippen molar-refractivity contribution >= 4 is 15.9 Å². The Kier molecular flexibility index (Phi) is 4.94. The quantitative estimate of drug-likeness (QED) is 0.904. The molecule has 2 saturated heterocycles. The third-order valence-electron chi connectivity index (χ3n) is 4.74. The number of nitrogens with zero attached hydrogens (tertiary/aromatic N) is 2. The van der Waals surface area contributed by atoms with Crippen LogP contribution < -0.4 is 5.73 Å². The molecule has 21 heavy (non-hydrogen) atoms. The highest BCUT2D eigenvalue weighted by Gasteiger charge is 2.29. The van der Waals surface area contributed by atoms with E-state index in [1.54, 1.807) is 12.1 Å². The average molecular weight is 356 g/mol. The Labute approximate surface area is 134 Å². The molecule has 0 amide bonds. The Morgan fingerprint density at radius 1 is 1.19 bits per heavy atom. The summed E-state index contributed by atoms with van der Waals surface area (Å²) in [6, 6.07) is 5.96. The van der Waals surface area contributed by atoms with E-state index in [0.29, 0.717) is 12.1 Å². The van der Waals surface area contributed by atoms with Crippen molar-refractivity contribution in [3.63, 3.8) is 0 Å². The molecule has 0 aliphatic carbocycles. The van der Waals surface area contributed by atoms with E-state index in [2.05, 4.69) is 25.7 Å². The van der Waals surface area contributed by atoms with Gasteiger partial charge in [-0.15, -0.1) is 0 Å². The van der Waals surface area contributed by atoms with Crippen molar-refractivity contribution in [2.45, 2.75) is 37.9 Å². The van der Waals surface area contributed by atoms with Gasteiger partial charge in [0.15, 0.2) is 0 Å². The zero-order chi connectivity index (χ0) is 14.8. The summed E-state index contributed by atoms with van der Waals surface area (Å²) in [5, 5.41) is 0.